The predicted molar refractivity (Wildman–Crippen MR) is 69.5 cm³/mol. The Morgan fingerprint density at radius 2 is 2.17 bits per heavy atom. The first-order valence-corrected chi connectivity index (χ1v) is 6.03. The summed E-state index contributed by atoms with van der Waals surface area (Å²) in [5, 5.41) is 9.07. The van der Waals surface area contributed by atoms with Gasteiger partial charge in [-0.25, -0.2) is 0 Å². The molecule has 3 heteroatoms. The van der Waals surface area contributed by atoms with Gasteiger partial charge in [0.2, 0.25) is 0 Å². The number of hydrogen-bond acceptors (Lipinski definition) is 2. The summed E-state index contributed by atoms with van der Waals surface area (Å²) in [7, 11) is 2.00. The molecule has 0 unspecified atom stereocenters. The molecule has 0 amide bonds. The van der Waals surface area contributed by atoms with Crippen molar-refractivity contribution in [3.05, 3.63) is 41.1 Å². The summed E-state index contributed by atoms with van der Waals surface area (Å²) in [5.74, 6) is 0.991. The molecule has 0 N–H and O–H groups in total. The minimum absolute atomic E-state index is 0.740. The van der Waals surface area contributed by atoms with Crippen LogP contribution >= 0.6 is 0 Å². The molecule has 0 atom stereocenters. The Labute approximate surface area is 106 Å². The third-order valence-corrected chi connectivity index (χ3v) is 3.64. The Kier molecular flexibility index (Phi) is 2.38. The molecule has 0 aliphatic carbocycles. The maximum absolute atomic E-state index is 9.07. The molecule has 1 aromatic carbocycles. The van der Waals surface area contributed by atoms with Crippen LogP contribution in [0.15, 0.2) is 24.3 Å². The topological polar surface area (TPSA) is 37.9 Å². The second kappa shape index (κ2) is 3.92. The predicted octanol–water partition coefficient (Wildman–Crippen LogP) is 2.81. The van der Waals surface area contributed by atoms with Crippen molar-refractivity contribution in [3.63, 3.8) is 0 Å². The van der Waals surface area contributed by atoms with Crippen LogP contribution in [0.2, 0.25) is 0 Å². The fraction of sp³-hybridized carbons (Fsp3) is 0.267. The third kappa shape index (κ3) is 1.50. The highest BCUT2D eigenvalue weighted by Crippen LogP contribution is 2.31. The Morgan fingerprint density at radius 1 is 1.33 bits per heavy atom. The normalized spacial score (nSPS) is 12.9. The van der Waals surface area contributed by atoms with E-state index >= 15 is 0 Å². The molecule has 18 heavy (non-hydrogen) atoms. The van der Waals surface area contributed by atoms with Crippen molar-refractivity contribution < 1.29 is 4.74 Å². The van der Waals surface area contributed by atoms with Crippen LogP contribution in [0.1, 0.15) is 16.8 Å². The number of fused-ring (bicyclic) bond motifs is 1. The van der Waals surface area contributed by atoms with Crippen molar-refractivity contribution >= 4 is 0 Å². The Balaban J connectivity index is 2.13. The number of nitriles is 1. The molecule has 0 radical (unpaired) electrons. The van der Waals surface area contributed by atoms with Crippen molar-refractivity contribution in [1.29, 1.82) is 5.26 Å². The van der Waals surface area contributed by atoms with Crippen LogP contribution in [0.3, 0.4) is 0 Å². The third-order valence-electron chi connectivity index (χ3n) is 3.64. The summed E-state index contributed by atoms with van der Waals surface area (Å²) in [6.07, 6.45) is 0.970. The van der Waals surface area contributed by atoms with Crippen LogP contribution in [0.5, 0.6) is 5.75 Å². The number of nitrogens with zero attached hydrogens (tertiary/aromatic N) is 2. The molecule has 2 aromatic rings. The number of benzene rings is 1. The van der Waals surface area contributed by atoms with E-state index in [1.807, 2.05) is 26.1 Å². The van der Waals surface area contributed by atoms with Crippen molar-refractivity contribution in [3.8, 4) is 23.1 Å². The SMILES string of the molecule is Cc1c(C#N)cc(-c2ccc3c(c2)CCO3)n1C. The van der Waals surface area contributed by atoms with Crippen molar-refractivity contribution in [1.82, 2.24) is 4.57 Å². The van der Waals surface area contributed by atoms with Crippen LogP contribution in [-0.4, -0.2) is 11.2 Å². The molecule has 0 spiro atoms. The lowest BCUT2D eigenvalue weighted by Crippen LogP contribution is -1.94. The van der Waals surface area contributed by atoms with Crippen LogP contribution in [0.4, 0.5) is 0 Å². The number of rotatable bonds is 1. The van der Waals surface area contributed by atoms with Gasteiger partial charge in [-0.05, 0) is 42.3 Å². The van der Waals surface area contributed by atoms with Crippen LogP contribution in [-0.2, 0) is 13.5 Å². The molecule has 0 bridgehead atoms. The minimum Gasteiger partial charge on any atom is -0.493 e. The lowest BCUT2D eigenvalue weighted by molar-refractivity contribution is 0.357. The largest absolute Gasteiger partial charge is 0.493 e. The summed E-state index contributed by atoms with van der Waals surface area (Å²) in [6, 6.07) is 10.4. The van der Waals surface area contributed by atoms with E-state index in [0.29, 0.717) is 0 Å². The number of aromatic nitrogens is 1. The number of hydrogen-bond donors (Lipinski definition) is 0. The first-order chi connectivity index (χ1) is 8.70. The van der Waals surface area contributed by atoms with Gasteiger partial charge in [0.25, 0.3) is 0 Å². The van der Waals surface area contributed by atoms with Gasteiger partial charge in [-0.1, -0.05) is 0 Å². The van der Waals surface area contributed by atoms with Crippen molar-refractivity contribution in [2.45, 2.75) is 13.3 Å². The van der Waals surface area contributed by atoms with E-state index in [1.54, 1.807) is 0 Å². The fourth-order valence-corrected chi connectivity index (χ4v) is 2.44. The zero-order chi connectivity index (χ0) is 12.7. The fourth-order valence-electron chi connectivity index (χ4n) is 2.44. The van der Waals surface area contributed by atoms with E-state index in [9.17, 15) is 0 Å². The highest BCUT2D eigenvalue weighted by Gasteiger charge is 2.15. The minimum atomic E-state index is 0.740. The van der Waals surface area contributed by atoms with E-state index in [-0.39, 0.29) is 0 Å². The van der Waals surface area contributed by atoms with Gasteiger partial charge in [-0.15, -0.1) is 0 Å². The number of ether oxygens (including phenoxy) is 1. The van der Waals surface area contributed by atoms with E-state index < -0.39 is 0 Å². The standard InChI is InChI=1S/C15H14N2O/c1-10-13(9-16)8-14(17(10)2)11-3-4-15-12(7-11)5-6-18-15/h3-4,7-8H,5-6H2,1-2H3. The molecule has 0 fully saturated rings. The zero-order valence-corrected chi connectivity index (χ0v) is 10.5. The summed E-state index contributed by atoms with van der Waals surface area (Å²) < 4.78 is 7.58. The molecule has 1 aromatic heterocycles. The average Bonchev–Trinajstić information content (AvgIpc) is 2.95. The molecule has 0 saturated carbocycles. The summed E-state index contributed by atoms with van der Waals surface area (Å²) in [6.45, 7) is 2.74. The Morgan fingerprint density at radius 3 is 2.89 bits per heavy atom. The lowest BCUT2D eigenvalue weighted by Gasteiger charge is -2.07. The molecule has 1 aliphatic rings. The van der Waals surface area contributed by atoms with Crippen LogP contribution in [0, 0.1) is 18.3 Å². The molecule has 2 heterocycles. The van der Waals surface area contributed by atoms with E-state index in [4.69, 9.17) is 10.00 Å². The summed E-state index contributed by atoms with van der Waals surface area (Å²) in [5.41, 5.74) is 5.23. The Hall–Kier alpha value is -2.21. The maximum Gasteiger partial charge on any atom is 0.122 e. The first kappa shape index (κ1) is 10.9. The summed E-state index contributed by atoms with van der Waals surface area (Å²) in [4.78, 5) is 0. The first-order valence-electron chi connectivity index (χ1n) is 6.03. The van der Waals surface area contributed by atoms with Crippen molar-refractivity contribution in [2.24, 2.45) is 7.05 Å². The lowest BCUT2D eigenvalue weighted by atomic mass is 10.1. The van der Waals surface area contributed by atoms with Gasteiger partial charge in [0.15, 0.2) is 0 Å². The van der Waals surface area contributed by atoms with Gasteiger partial charge in [-0.3, -0.25) is 0 Å². The second-order valence-electron chi connectivity index (χ2n) is 4.62. The average molecular weight is 238 g/mol. The monoisotopic (exact) mass is 238 g/mol. The highest BCUT2D eigenvalue weighted by molar-refractivity contribution is 5.66. The molecule has 1 aliphatic heterocycles. The van der Waals surface area contributed by atoms with E-state index in [1.165, 1.54) is 5.56 Å². The molecular weight excluding hydrogens is 224 g/mol. The maximum atomic E-state index is 9.07. The highest BCUT2D eigenvalue weighted by atomic mass is 16.5. The molecule has 90 valence electrons. The van der Waals surface area contributed by atoms with Gasteiger partial charge < -0.3 is 9.30 Å². The Bertz CT molecular complexity index is 662. The van der Waals surface area contributed by atoms with E-state index in [2.05, 4.69) is 22.8 Å². The molecule has 3 nitrogen and oxygen atoms in total. The van der Waals surface area contributed by atoms with Gasteiger partial charge in [-0.2, -0.15) is 5.26 Å². The summed E-state index contributed by atoms with van der Waals surface area (Å²) >= 11 is 0. The zero-order valence-electron chi connectivity index (χ0n) is 10.5. The quantitative estimate of drug-likeness (QED) is 0.766. The van der Waals surface area contributed by atoms with Gasteiger partial charge in [0, 0.05) is 24.9 Å². The van der Waals surface area contributed by atoms with Crippen molar-refractivity contribution in [2.75, 3.05) is 6.61 Å². The molecule has 3 rings (SSSR count). The molecule has 0 saturated heterocycles. The van der Waals surface area contributed by atoms with Crippen LogP contribution < -0.4 is 4.74 Å². The molecular formula is C15H14N2O. The van der Waals surface area contributed by atoms with Gasteiger partial charge in [0.1, 0.15) is 11.8 Å². The van der Waals surface area contributed by atoms with Crippen LogP contribution in [0.25, 0.3) is 11.3 Å². The van der Waals surface area contributed by atoms with Gasteiger partial charge in [0.05, 0.1) is 12.2 Å². The smallest absolute Gasteiger partial charge is 0.122 e. The van der Waals surface area contributed by atoms with E-state index in [0.717, 1.165) is 41.3 Å². The second-order valence-corrected chi connectivity index (χ2v) is 4.62. The van der Waals surface area contributed by atoms with Gasteiger partial charge >= 0.3 is 0 Å².